The minimum Gasteiger partial charge on any atom is -0.313 e. The molecule has 4 heteroatoms. The van der Waals surface area contributed by atoms with Gasteiger partial charge in [-0.1, -0.05) is 0 Å². The Morgan fingerprint density at radius 2 is 2.08 bits per heavy atom. The number of Topliss-reactive ketones (excluding diaryl/α,β-unsaturated/α-hetero) is 1. The van der Waals surface area contributed by atoms with Crippen molar-refractivity contribution in [2.24, 2.45) is 5.92 Å². The smallest absolute Gasteiger partial charge is 0.213 e. The van der Waals surface area contributed by atoms with E-state index in [-0.39, 0.29) is 11.8 Å². The Balaban J connectivity index is 1.90. The maximum atomic E-state index is 11.1. The first-order valence-electron chi connectivity index (χ1n) is 4.77. The third-order valence-electron chi connectivity index (χ3n) is 2.78. The fraction of sp³-hybridized carbons (Fsp3) is 0.778. The van der Waals surface area contributed by atoms with Gasteiger partial charge in [-0.15, -0.1) is 0 Å². The molecule has 0 radical (unpaired) electrons. The fourth-order valence-corrected chi connectivity index (χ4v) is 1.83. The molecule has 1 saturated carbocycles. The minimum atomic E-state index is -0.335. The van der Waals surface area contributed by atoms with Gasteiger partial charge in [-0.2, -0.15) is 0 Å². The lowest BCUT2D eigenvalue weighted by atomic mass is 10.1. The Morgan fingerprint density at radius 1 is 1.31 bits per heavy atom. The van der Waals surface area contributed by atoms with Crippen molar-refractivity contribution in [2.45, 2.75) is 24.9 Å². The monoisotopic (exact) mass is 182 g/mol. The molecule has 2 fully saturated rings. The van der Waals surface area contributed by atoms with Crippen molar-refractivity contribution in [2.75, 3.05) is 13.1 Å². The van der Waals surface area contributed by atoms with Crippen LogP contribution in [0.5, 0.6) is 0 Å². The second-order valence-electron chi connectivity index (χ2n) is 3.84. The lowest BCUT2D eigenvalue weighted by molar-refractivity contribution is -0.131. The van der Waals surface area contributed by atoms with Crippen LogP contribution in [0.3, 0.4) is 0 Å². The van der Waals surface area contributed by atoms with Gasteiger partial charge >= 0.3 is 0 Å². The van der Waals surface area contributed by atoms with Gasteiger partial charge in [-0.05, 0) is 18.8 Å². The first kappa shape index (κ1) is 8.84. The summed E-state index contributed by atoms with van der Waals surface area (Å²) in [7, 11) is 0. The molecule has 1 aliphatic heterocycles. The van der Waals surface area contributed by atoms with E-state index in [4.69, 9.17) is 0 Å². The molecule has 0 bridgehead atoms. The van der Waals surface area contributed by atoms with Gasteiger partial charge < -0.3 is 10.6 Å². The normalized spacial score (nSPS) is 34.2. The molecule has 2 rings (SSSR count). The highest BCUT2D eigenvalue weighted by Crippen LogP contribution is 2.33. The Hall–Kier alpha value is -0.740. The highest BCUT2D eigenvalue weighted by atomic mass is 16.2. The van der Waals surface area contributed by atoms with Crippen LogP contribution >= 0.6 is 0 Å². The van der Waals surface area contributed by atoms with E-state index in [1.165, 1.54) is 12.8 Å². The Bertz CT molecular complexity index is 226. The van der Waals surface area contributed by atoms with E-state index in [0.29, 0.717) is 18.9 Å². The van der Waals surface area contributed by atoms with Crippen LogP contribution in [-0.4, -0.2) is 37.2 Å². The van der Waals surface area contributed by atoms with Gasteiger partial charge in [0.1, 0.15) is 0 Å². The molecule has 2 unspecified atom stereocenters. The van der Waals surface area contributed by atoms with Crippen LogP contribution in [0.4, 0.5) is 0 Å². The highest BCUT2D eigenvalue weighted by Gasteiger charge is 2.35. The van der Waals surface area contributed by atoms with Crippen molar-refractivity contribution in [1.82, 2.24) is 10.6 Å². The molecule has 2 N–H and O–H groups in total. The number of ketones is 1. The summed E-state index contributed by atoms with van der Waals surface area (Å²) in [5, 5.41) is 6.40. The largest absolute Gasteiger partial charge is 0.313 e. The molecule has 2 atom stereocenters. The van der Waals surface area contributed by atoms with Crippen molar-refractivity contribution < 1.29 is 9.59 Å². The minimum absolute atomic E-state index is 0.295. The van der Waals surface area contributed by atoms with Crippen molar-refractivity contribution in [3.8, 4) is 0 Å². The number of hydrogen-bond donors (Lipinski definition) is 2. The second kappa shape index (κ2) is 3.55. The van der Waals surface area contributed by atoms with E-state index < -0.39 is 0 Å². The highest BCUT2D eigenvalue weighted by molar-refractivity contribution is 6.27. The Labute approximate surface area is 77.1 Å². The predicted molar refractivity (Wildman–Crippen MR) is 47.4 cm³/mol. The third-order valence-corrected chi connectivity index (χ3v) is 2.78. The van der Waals surface area contributed by atoms with Crippen LogP contribution in [0.15, 0.2) is 0 Å². The van der Waals surface area contributed by atoms with E-state index >= 15 is 0 Å². The van der Waals surface area contributed by atoms with Crippen LogP contribution in [0.1, 0.15) is 12.8 Å². The molecule has 2 aliphatic rings. The van der Waals surface area contributed by atoms with Crippen molar-refractivity contribution in [3.63, 3.8) is 0 Å². The molecule has 1 aliphatic carbocycles. The van der Waals surface area contributed by atoms with Gasteiger partial charge in [0.25, 0.3) is 0 Å². The van der Waals surface area contributed by atoms with Gasteiger partial charge in [-0.3, -0.25) is 9.59 Å². The summed E-state index contributed by atoms with van der Waals surface area (Å²) in [5.41, 5.74) is 0. The zero-order valence-electron chi connectivity index (χ0n) is 7.45. The van der Waals surface area contributed by atoms with Crippen LogP contribution in [0.25, 0.3) is 0 Å². The average molecular weight is 182 g/mol. The van der Waals surface area contributed by atoms with Gasteiger partial charge in [0.15, 0.2) is 6.29 Å². The molecular formula is C9H14N2O2. The summed E-state index contributed by atoms with van der Waals surface area (Å²) in [5.74, 6) is 0.382. The lowest BCUT2D eigenvalue weighted by Gasteiger charge is -2.30. The summed E-state index contributed by atoms with van der Waals surface area (Å²) < 4.78 is 0. The SMILES string of the molecule is O=CC(=O)C1CNCC(C2CC2)N1. The number of piperazine rings is 1. The number of hydrogen-bond acceptors (Lipinski definition) is 4. The van der Waals surface area contributed by atoms with E-state index in [1.54, 1.807) is 0 Å². The van der Waals surface area contributed by atoms with E-state index in [1.807, 2.05) is 0 Å². The maximum Gasteiger partial charge on any atom is 0.213 e. The number of carbonyl (C=O) groups is 2. The summed E-state index contributed by atoms with van der Waals surface area (Å²) in [6.07, 6.45) is 2.91. The van der Waals surface area contributed by atoms with Gasteiger partial charge in [0, 0.05) is 19.1 Å². The quantitative estimate of drug-likeness (QED) is 0.438. The lowest BCUT2D eigenvalue weighted by Crippen LogP contribution is -2.58. The van der Waals surface area contributed by atoms with Crippen LogP contribution < -0.4 is 10.6 Å². The summed E-state index contributed by atoms with van der Waals surface area (Å²) in [6.45, 7) is 1.51. The molecule has 0 aromatic heterocycles. The van der Waals surface area contributed by atoms with Gasteiger partial charge in [0.2, 0.25) is 5.78 Å². The van der Waals surface area contributed by atoms with E-state index in [9.17, 15) is 9.59 Å². The molecule has 72 valence electrons. The molecule has 0 amide bonds. The molecule has 13 heavy (non-hydrogen) atoms. The number of rotatable bonds is 3. The maximum absolute atomic E-state index is 11.1. The van der Waals surface area contributed by atoms with Gasteiger partial charge in [-0.25, -0.2) is 0 Å². The molecule has 1 heterocycles. The molecular weight excluding hydrogens is 168 g/mol. The van der Waals surface area contributed by atoms with Crippen molar-refractivity contribution in [1.29, 1.82) is 0 Å². The average Bonchev–Trinajstić information content (AvgIpc) is 3.00. The topological polar surface area (TPSA) is 58.2 Å². The molecule has 0 aromatic carbocycles. The first-order chi connectivity index (χ1) is 6.31. The second-order valence-corrected chi connectivity index (χ2v) is 3.84. The Kier molecular flexibility index (Phi) is 2.42. The summed E-state index contributed by atoms with van der Waals surface area (Å²) in [4.78, 5) is 21.4. The van der Waals surface area contributed by atoms with E-state index in [2.05, 4.69) is 10.6 Å². The van der Waals surface area contributed by atoms with E-state index in [0.717, 1.165) is 12.5 Å². The summed E-state index contributed by atoms with van der Waals surface area (Å²) >= 11 is 0. The summed E-state index contributed by atoms with van der Waals surface area (Å²) in [6, 6.07) is 0.0968. The van der Waals surface area contributed by atoms with Crippen LogP contribution in [0.2, 0.25) is 0 Å². The van der Waals surface area contributed by atoms with Crippen molar-refractivity contribution >= 4 is 12.1 Å². The molecule has 1 saturated heterocycles. The molecule has 0 spiro atoms. The van der Waals surface area contributed by atoms with Crippen LogP contribution in [0, 0.1) is 5.92 Å². The number of aldehydes is 1. The standard InChI is InChI=1S/C9H14N2O2/c12-5-9(13)8-4-10-3-7(11-8)6-1-2-6/h5-8,10-11H,1-4H2. The van der Waals surface area contributed by atoms with Crippen molar-refractivity contribution in [3.05, 3.63) is 0 Å². The number of carbonyl (C=O) groups excluding carboxylic acids is 2. The van der Waals surface area contributed by atoms with Gasteiger partial charge in [0.05, 0.1) is 6.04 Å². The Morgan fingerprint density at radius 3 is 2.69 bits per heavy atom. The number of nitrogens with one attached hydrogen (secondary N) is 2. The first-order valence-corrected chi connectivity index (χ1v) is 4.77. The van der Waals surface area contributed by atoms with Crippen LogP contribution in [-0.2, 0) is 9.59 Å². The zero-order chi connectivity index (χ0) is 9.26. The fourth-order valence-electron chi connectivity index (χ4n) is 1.83. The molecule has 4 nitrogen and oxygen atoms in total. The third kappa shape index (κ3) is 1.95. The zero-order valence-corrected chi connectivity index (χ0v) is 7.45. The molecule has 0 aromatic rings. The predicted octanol–water partition coefficient (Wildman–Crippen LogP) is -0.906.